The van der Waals surface area contributed by atoms with Gasteiger partial charge < -0.3 is 14.5 Å². The minimum atomic E-state index is -4.74. The van der Waals surface area contributed by atoms with Crippen molar-refractivity contribution >= 4 is 23.5 Å². The zero-order valence-electron chi connectivity index (χ0n) is 17.4. The Labute approximate surface area is 197 Å². The molecule has 34 heavy (non-hydrogen) atoms. The fourth-order valence-electron chi connectivity index (χ4n) is 2.82. The number of nitrogens with zero attached hydrogens (tertiary/aromatic N) is 4. The molecule has 4 aromatic rings. The van der Waals surface area contributed by atoms with Crippen molar-refractivity contribution in [2.45, 2.75) is 12.9 Å². The predicted octanol–water partition coefficient (Wildman–Crippen LogP) is 4.42. The third kappa shape index (κ3) is 6.42. The summed E-state index contributed by atoms with van der Waals surface area (Å²) in [5.41, 5.74) is 4.85. The number of hydrazone groups is 1. The fourth-order valence-corrected chi connectivity index (χ4v) is 2.95. The molecule has 0 fully saturated rings. The molecule has 174 valence electrons. The normalized spacial score (nSPS) is 11.5. The zero-order chi connectivity index (χ0) is 24.0. The molecule has 0 unspecified atom stereocenters. The molecule has 2 N–H and O–H groups in total. The molecule has 0 spiro atoms. The SMILES string of the molecule is FC(F)(F)Oc1ccc(-n2cnc(-c3ccc(/C=N/NC(=S)NCc4ccco4)cc3)n2)cc1. The van der Waals surface area contributed by atoms with Crippen molar-refractivity contribution in [1.82, 2.24) is 25.5 Å². The summed E-state index contributed by atoms with van der Waals surface area (Å²) in [5.74, 6) is 0.908. The third-order valence-corrected chi connectivity index (χ3v) is 4.61. The summed E-state index contributed by atoms with van der Waals surface area (Å²) in [4.78, 5) is 4.26. The lowest BCUT2D eigenvalue weighted by molar-refractivity contribution is -0.274. The average molecular weight is 486 g/mol. The van der Waals surface area contributed by atoms with Crippen LogP contribution in [0.3, 0.4) is 0 Å². The minimum absolute atomic E-state index is 0.308. The van der Waals surface area contributed by atoms with Gasteiger partial charge >= 0.3 is 6.36 Å². The van der Waals surface area contributed by atoms with Crippen LogP contribution in [0.4, 0.5) is 13.2 Å². The second-order valence-corrected chi connectivity index (χ2v) is 7.22. The van der Waals surface area contributed by atoms with Crippen LogP contribution in [0.2, 0.25) is 0 Å². The number of furan rings is 1. The number of hydrogen-bond donors (Lipinski definition) is 2. The van der Waals surface area contributed by atoms with Crippen molar-refractivity contribution < 1.29 is 22.3 Å². The van der Waals surface area contributed by atoms with Gasteiger partial charge in [-0.25, -0.2) is 9.67 Å². The van der Waals surface area contributed by atoms with E-state index in [1.54, 1.807) is 18.5 Å². The molecule has 0 radical (unpaired) electrons. The largest absolute Gasteiger partial charge is 0.573 e. The van der Waals surface area contributed by atoms with Gasteiger partial charge in [-0.3, -0.25) is 5.43 Å². The van der Waals surface area contributed by atoms with E-state index in [1.165, 1.54) is 35.3 Å². The Morgan fingerprint density at radius 1 is 1.12 bits per heavy atom. The lowest BCUT2D eigenvalue weighted by Crippen LogP contribution is -2.31. The highest BCUT2D eigenvalue weighted by atomic mass is 32.1. The van der Waals surface area contributed by atoms with Crippen LogP contribution in [-0.4, -0.2) is 32.5 Å². The van der Waals surface area contributed by atoms with E-state index in [0.29, 0.717) is 23.2 Å². The number of hydrogen-bond acceptors (Lipinski definition) is 6. The van der Waals surface area contributed by atoms with Crippen molar-refractivity contribution in [3.05, 3.63) is 84.6 Å². The van der Waals surface area contributed by atoms with Gasteiger partial charge in [-0.2, -0.15) is 5.10 Å². The van der Waals surface area contributed by atoms with Gasteiger partial charge in [0.2, 0.25) is 0 Å². The number of halogens is 3. The number of rotatable bonds is 7. The van der Waals surface area contributed by atoms with Gasteiger partial charge in [0.15, 0.2) is 10.9 Å². The van der Waals surface area contributed by atoms with Crippen molar-refractivity contribution in [2.75, 3.05) is 0 Å². The molecule has 0 aliphatic rings. The molecular weight excluding hydrogens is 469 g/mol. The number of thiocarbonyl (C=S) groups is 1. The summed E-state index contributed by atoms with van der Waals surface area (Å²) in [6.07, 6.45) is -0.0617. The fraction of sp³-hybridized carbons (Fsp3) is 0.0909. The van der Waals surface area contributed by atoms with Gasteiger partial charge in [-0.05, 0) is 54.2 Å². The summed E-state index contributed by atoms with van der Waals surface area (Å²) in [5, 5.41) is 11.8. The van der Waals surface area contributed by atoms with E-state index in [-0.39, 0.29) is 5.75 Å². The maximum Gasteiger partial charge on any atom is 0.573 e. The van der Waals surface area contributed by atoms with Crippen molar-refractivity contribution in [3.8, 4) is 22.8 Å². The molecule has 0 bridgehead atoms. The molecule has 4 rings (SSSR count). The monoisotopic (exact) mass is 486 g/mol. The molecular formula is C22H17F3N6O2S. The molecule has 2 heterocycles. The van der Waals surface area contributed by atoms with E-state index in [2.05, 4.69) is 30.7 Å². The van der Waals surface area contributed by atoms with Crippen molar-refractivity contribution in [3.63, 3.8) is 0 Å². The van der Waals surface area contributed by atoms with Crippen LogP contribution < -0.4 is 15.5 Å². The highest BCUT2D eigenvalue weighted by Crippen LogP contribution is 2.24. The van der Waals surface area contributed by atoms with Crippen LogP contribution in [0, 0.1) is 0 Å². The smallest absolute Gasteiger partial charge is 0.467 e. The number of nitrogens with one attached hydrogen (secondary N) is 2. The molecule has 2 aromatic carbocycles. The standard InChI is InChI=1S/C22H17F3N6O2S/c23-22(24,25)33-18-9-7-17(8-10-18)31-14-27-20(30-31)16-5-3-15(4-6-16)12-28-29-21(34)26-13-19-2-1-11-32-19/h1-12,14H,13H2,(H2,26,29,34)/b28-12+. The van der Waals surface area contributed by atoms with Gasteiger partial charge in [0.1, 0.15) is 17.8 Å². The number of alkyl halides is 3. The predicted molar refractivity (Wildman–Crippen MR) is 122 cm³/mol. The minimum Gasteiger partial charge on any atom is -0.467 e. The van der Waals surface area contributed by atoms with E-state index in [4.69, 9.17) is 16.6 Å². The van der Waals surface area contributed by atoms with Crippen molar-refractivity contribution in [1.29, 1.82) is 0 Å². The quantitative estimate of drug-likeness (QED) is 0.227. The Morgan fingerprint density at radius 2 is 1.88 bits per heavy atom. The van der Waals surface area contributed by atoms with Crippen LogP contribution in [0.1, 0.15) is 11.3 Å². The van der Waals surface area contributed by atoms with E-state index in [0.717, 1.165) is 16.9 Å². The number of ether oxygens (including phenoxy) is 1. The van der Waals surface area contributed by atoms with E-state index >= 15 is 0 Å². The summed E-state index contributed by atoms with van der Waals surface area (Å²) in [7, 11) is 0. The average Bonchev–Trinajstić information content (AvgIpc) is 3.50. The highest BCUT2D eigenvalue weighted by molar-refractivity contribution is 7.80. The number of aromatic nitrogens is 3. The van der Waals surface area contributed by atoms with Gasteiger partial charge in [0.25, 0.3) is 0 Å². The molecule has 8 nitrogen and oxygen atoms in total. The summed E-state index contributed by atoms with van der Waals surface area (Å²) >= 11 is 5.15. The lowest BCUT2D eigenvalue weighted by Gasteiger charge is -2.09. The van der Waals surface area contributed by atoms with Gasteiger partial charge in [-0.1, -0.05) is 24.3 Å². The first-order chi connectivity index (χ1) is 16.4. The molecule has 0 aliphatic carbocycles. The first-order valence-corrected chi connectivity index (χ1v) is 10.2. The third-order valence-electron chi connectivity index (χ3n) is 4.38. The maximum absolute atomic E-state index is 12.3. The van der Waals surface area contributed by atoms with E-state index in [1.807, 2.05) is 30.3 Å². The summed E-state index contributed by atoms with van der Waals surface area (Å²) in [6.45, 7) is 0.453. The first kappa shape index (κ1) is 23.0. The Bertz CT molecular complexity index is 1250. The molecule has 0 saturated heterocycles. The van der Waals surface area contributed by atoms with Crippen LogP contribution in [0.15, 0.2) is 82.8 Å². The van der Waals surface area contributed by atoms with Crippen LogP contribution in [0.25, 0.3) is 17.1 Å². The molecule has 0 saturated carbocycles. The Balaban J connectivity index is 1.32. The number of benzene rings is 2. The molecule has 2 aromatic heterocycles. The van der Waals surface area contributed by atoms with Gasteiger partial charge in [-0.15, -0.1) is 18.3 Å². The molecule has 0 aliphatic heterocycles. The summed E-state index contributed by atoms with van der Waals surface area (Å²) in [6, 6.07) is 16.3. The van der Waals surface area contributed by atoms with Crippen LogP contribution in [-0.2, 0) is 6.54 Å². The topological polar surface area (TPSA) is 89.5 Å². The molecule has 0 amide bonds. The van der Waals surface area contributed by atoms with Crippen molar-refractivity contribution in [2.24, 2.45) is 5.10 Å². The van der Waals surface area contributed by atoms with Crippen LogP contribution in [0.5, 0.6) is 5.75 Å². The zero-order valence-corrected chi connectivity index (χ0v) is 18.2. The second-order valence-electron chi connectivity index (χ2n) is 6.81. The lowest BCUT2D eigenvalue weighted by atomic mass is 10.1. The first-order valence-electron chi connectivity index (χ1n) is 9.83. The highest BCUT2D eigenvalue weighted by Gasteiger charge is 2.31. The second kappa shape index (κ2) is 10.2. The maximum atomic E-state index is 12.3. The molecule has 12 heteroatoms. The van der Waals surface area contributed by atoms with Gasteiger partial charge in [0, 0.05) is 5.56 Å². The Kier molecular flexibility index (Phi) is 6.87. The summed E-state index contributed by atoms with van der Waals surface area (Å²) < 4.78 is 47.4. The van der Waals surface area contributed by atoms with E-state index < -0.39 is 6.36 Å². The van der Waals surface area contributed by atoms with E-state index in [9.17, 15) is 13.2 Å². The van der Waals surface area contributed by atoms with Crippen LogP contribution >= 0.6 is 12.2 Å². The Hall–Kier alpha value is -4.19. The molecule has 0 atom stereocenters. The van der Waals surface area contributed by atoms with Gasteiger partial charge in [0.05, 0.1) is 24.7 Å². The Morgan fingerprint density at radius 3 is 2.56 bits per heavy atom.